The summed E-state index contributed by atoms with van der Waals surface area (Å²) in [4.78, 5) is 39.5. The number of hydrogen-bond acceptors (Lipinski definition) is 5. The molecule has 0 saturated heterocycles. The van der Waals surface area contributed by atoms with Gasteiger partial charge in [0, 0.05) is 19.8 Å². The number of anilines is 1. The van der Waals surface area contributed by atoms with Gasteiger partial charge in [-0.1, -0.05) is 17.7 Å². The summed E-state index contributed by atoms with van der Waals surface area (Å²) < 4.78 is 22.0. The molecule has 182 valence electrons. The third-order valence-corrected chi connectivity index (χ3v) is 6.00. The van der Waals surface area contributed by atoms with Gasteiger partial charge in [0.05, 0.1) is 40.5 Å². The van der Waals surface area contributed by atoms with Crippen molar-refractivity contribution in [1.82, 2.24) is 14.5 Å². The van der Waals surface area contributed by atoms with Crippen LogP contribution in [0.1, 0.15) is 35.0 Å². The van der Waals surface area contributed by atoms with Crippen molar-refractivity contribution in [1.29, 1.82) is 0 Å². The Morgan fingerprint density at radius 3 is 2.71 bits per heavy atom. The van der Waals surface area contributed by atoms with Gasteiger partial charge < -0.3 is 19.2 Å². The standard InChI is InChI=1S/C24H28ClFN4O4/c1-5-34-24(33)28(4)19-13-29(12-16-7-8-18(26)17(25)11-16)23(32)21-15(2)20(14-31)30(22(19)21)10-6-9-27-3/h7-8,11,13-14,27H,5-6,9-10,12H2,1-4H3. The second-order valence-corrected chi connectivity index (χ2v) is 8.32. The van der Waals surface area contributed by atoms with Crippen molar-refractivity contribution in [3.05, 3.63) is 62.4 Å². The lowest BCUT2D eigenvalue weighted by molar-refractivity contribution is 0.111. The molecule has 1 amide bonds. The van der Waals surface area contributed by atoms with Gasteiger partial charge in [-0.05, 0) is 57.1 Å². The molecule has 0 unspecified atom stereocenters. The van der Waals surface area contributed by atoms with Crippen LogP contribution in [0.5, 0.6) is 0 Å². The van der Waals surface area contributed by atoms with E-state index in [0.29, 0.717) is 52.9 Å². The van der Waals surface area contributed by atoms with Crippen molar-refractivity contribution >= 4 is 40.6 Å². The van der Waals surface area contributed by atoms with Crippen molar-refractivity contribution < 1.29 is 18.7 Å². The van der Waals surface area contributed by atoms with E-state index in [1.807, 2.05) is 7.05 Å². The first-order chi connectivity index (χ1) is 16.2. The van der Waals surface area contributed by atoms with Crippen LogP contribution in [0, 0.1) is 12.7 Å². The molecule has 3 aromatic rings. The number of hydrogen-bond donors (Lipinski definition) is 1. The van der Waals surface area contributed by atoms with Crippen LogP contribution in [0.4, 0.5) is 14.9 Å². The molecule has 2 aromatic heterocycles. The predicted octanol–water partition coefficient (Wildman–Crippen LogP) is 3.97. The number of ether oxygens (including phenoxy) is 1. The fourth-order valence-corrected chi connectivity index (χ4v) is 4.22. The fraction of sp³-hybridized carbons (Fsp3) is 0.375. The molecular formula is C24H28ClFN4O4. The molecule has 1 aromatic carbocycles. The molecule has 0 spiro atoms. The smallest absolute Gasteiger partial charge is 0.414 e. The number of benzene rings is 1. The Hall–Kier alpha value is -3.17. The Balaban J connectivity index is 2.29. The van der Waals surface area contributed by atoms with Gasteiger partial charge in [0.2, 0.25) is 0 Å². The highest BCUT2D eigenvalue weighted by atomic mass is 35.5. The summed E-state index contributed by atoms with van der Waals surface area (Å²) in [6.45, 7) is 4.88. The Kier molecular flexibility index (Phi) is 8.11. The minimum Gasteiger partial charge on any atom is -0.449 e. The van der Waals surface area contributed by atoms with Crippen LogP contribution in [-0.2, 0) is 17.8 Å². The van der Waals surface area contributed by atoms with Gasteiger partial charge in [-0.25, -0.2) is 9.18 Å². The molecule has 0 fully saturated rings. The Labute approximate surface area is 201 Å². The predicted molar refractivity (Wildman–Crippen MR) is 131 cm³/mol. The summed E-state index contributed by atoms with van der Waals surface area (Å²) >= 11 is 5.92. The molecule has 34 heavy (non-hydrogen) atoms. The highest BCUT2D eigenvalue weighted by molar-refractivity contribution is 6.30. The van der Waals surface area contributed by atoms with Gasteiger partial charge >= 0.3 is 6.09 Å². The average molecular weight is 491 g/mol. The molecular weight excluding hydrogens is 463 g/mol. The molecule has 1 N–H and O–H groups in total. The van der Waals surface area contributed by atoms with Gasteiger partial charge in [-0.3, -0.25) is 14.5 Å². The number of aldehydes is 1. The number of aryl methyl sites for hydroxylation is 2. The van der Waals surface area contributed by atoms with E-state index in [4.69, 9.17) is 16.3 Å². The highest BCUT2D eigenvalue weighted by Crippen LogP contribution is 2.31. The number of halogens is 2. The first kappa shape index (κ1) is 25.5. The maximum Gasteiger partial charge on any atom is 0.414 e. The number of carbonyl (C=O) groups excluding carboxylic acids is 2. The molecule has 0 aliphatic heterocycles. The SMILES string of the molecule is CCOC(=O)N(C)c1cn(Cc2ccc(F)c(Cl)c2)c(=O)c2c(C)c(C=O)n(CCCNC)c12. The third kappa shape index (κ3) is 4.85. The number of fused-ring (bicyclic) bond motifs is 1. The zero-order valence-electron chi connectivity index (χ0n) is 19.7. The Bertz CT molecular complexity index is 1280. The number of aromatic nitrogens is 2. The molecule has 8 nitrogen and oxygen atoms in total. The molecule has 0 saturated carbocycles. The summed E-state index contributed by atoms with van der Waals surface area (Å²) in [5.74, 6) is -0.555. The summed E-state index contributed by atoms with van der Waals surface area (Å²) in [5, 5.41) is 3.36. The van der Waals surface area contributed by atoms with Crippen molar-refractivity contribution in [2.75, 3.05) is 32.1 Å². The number of rotatable bonds is 9. The third-order valence-electron chi connectivity index (χ3n) is 5.71. The van der Waals surface area contributed by atoms with Crippen molar-refractivity contribution in [3.8, 4) is 0 Å². The second-order valence-electron chi connectivity index (χ2n) is 7.91. The first-order valence-corrected chi connectivity index (χ1v) is 11.3. The maximum absolute atomic E-state index is 13.6. The van der Waals surface area contributed by atoms with Crippen LogP contribution in [0.2, 0.25) is 5.02 Å². The van der Waals surface area contributed by atoms with Gasteiger partial charge in [0.15, 0.2) is 6.29 Å². The van der Waals surface area contributed by atoms with Crippen LogP contribution in [0.3, 0.4) is 0 Å². The molecule has 0 atom stereocenters. The summed E-state index contributed by atoms with van der Waals surface area (Å²) in [7, 11) is 3.39. The van der Waals surface area contributed by atoms with E-state index in [2.05, 4.69) is 5.32 Å². The number of carbonyl (C=O) groups is 2. The lowest BCUT2D eigenvalue weighted by Crippen LogP contribution is -2.30. The van der Waals surface area contributed by atoms with Gasteiger partial charge in [-0.2, -0.15) is 0 Å². The average Bonchev–Trinajstić information content (AvgIpc) is 3.09. The highest BCUT2D eigenvalue weighted by Gasteiger charge is 2.25. The summed E-state index contributed by atoms with van der Waals surface area (Å²) in [6.07, 6.45) is 2.40. The topological polar surface area (TPSA) is 85.6 Å². The molecule has 0 aliphatic rings. The molecule has 3 rings (SSSR count). The zero-order valence-corrected chi connectivity index (χ0v) is 20.4. The van der Waals surface area contributed by atoms with Crippen LogP contribution >= 0.6 is 11.6 Å². The van der Waals surface area contributed by atoms with Crippen LogP contribution in [-0.4, -0.2) is 48.8 Å². The zero-order chi connectivity index (χ0) is 25.0. The maximum atomic E-state index is 13.6. The monoisotopic (exact) mass is 490 g/mol. The van der Waals surface area contributed by atoms with E-state index in [-0.39, 0.29) is 23.7 Å². The molecule has 0 radical (unpaired) electrons. The lowest BCUT2D eigenvalue weighted by Gasteiger charge is -2.21. The second kappa shape index (κ2) is 10.8. The fourth-order valence-electron chi connectivity index (χ4n) is 4.02. The van der Waals surface area contributed by atoms with Gasteiger partial charge in [-0.15, -0.1) is 0 Å². The number of amides is 1. The van der Waals surface area contributed by atoms with Crippen molar-refractivity contribution in [3.63, 3.8) is 0 Å². The van der Waals surface area contributed by atoms with Crippen molar-refractivity contribution in [2.45, 2.75) is 33.4 Å². The van der Waals surface area contributed by atoms with E-state index in [9.17, 15) is 18.8 Å². The quantitative estimate of drug-likeness (QED) is 0.362. The normalized spacial score (nSPS) is 11.1. The van der Waals surface area contributed by atoms with Crippen molar-refractivity contribution in [2.24, 2.45) is 0 Å². The van der Waals surface area contributed by atoms with E-state index < -0.39 is 11.9 Å². The van der Waals surface area contributed by atoms with E-state index >= 15 is 0 Å². The minimum atomic E-state index is -0.591. The van der Waals surface area contributed by atoms with E-state index in [0.717, 1.165) is 6.29 Å². The van der Waals surface area contributed by atoms with Gasteiger partial charge in [0.1, 0.15) is 5.82 Å². The molecule has 0 bridgehead atoms. The minimum absolute atomic E-state index is 0.0504. The number of pyridine rings is 1. The first-order valence-electron chi connectivity index (χ1n) is 11.0. The molecule has 2 heterocycles. The number of nitrogens with one attached hydrogen (secondary N) is 1. The molecule has 0 aliphatic carbocycles. The summed E-state index contributed by atoms with van der Waals surface area (Å²) in [6, 6.07) is 4.23. The summed E-state index contributed by atoms with van der Waals surface area (Å²) in [5.41, 5.74) is 2.10. The van der Waals surface area contributed by atoms with E-state index in [1.165, 1.54) is 21.6 Å². The lowest BCUT2D eigenvalue weighted by atomic mass is 10.1. The molecule has 10 heteroatoms. The van der Waals surface area contributed by atoms with Crippen LogP contribution in [0.25, 0.3) is 10.9 Å². The Morgan fingerprint density at radius 1 is 1.35 bits per heavy atom. The van der Waals surface area contributed by atoms with Crippen LogP contribution in [0.15, 0.2) is 29.2 Å². The largest absolute Gasteiger partial charge is 0.449 e. The van der Waals surface area contributed by atoms with Crippen LogP contribution < -0.4 is 15.8 Å². The Morgan fingerprint density at radius 2 is 2.09 bits per heavy atom. The van der Waals surface area contributed by atoms with Gasteiger partial charge in [0.25, 0.3) is 5.56 Å². The number of nitrogens with zero attached hydrogens (tertiary/aromatic N) is 3. The van der Waals surface area contributed by atoms with E-state index in [1.54, 1.807) is 37.7 Å².